The van der Waals surface area contributed by atoms with Crippen molar-refractivity contribution in [2.45, 2.75) is 31.7 Å². The van der Waals surface area contributed by atoms with Crippen molar-refractivity contribution in [1.29, 1.82) is 0 Å². The second-order valence-corrected chi connectivity index (χ2v) is 9.20. The Morgan fingerprint density at radius 2 is 1.71 bits per heavy atom. The number of piperidine rings is 1. The van der Waals surface area contributed by atoms with Crippen LogP contribution in [-0.4, -0.2) is 64.9 Å². The van der Waals surface area contributed by atoms with Gasteiger partial charge in [0.1, 0.15) is 5.75 Å². The number of rotatable bonds is 9. The van der Waals surface area contributed by atoms with Gasteiger partial charge in [-0.05, 0) is 75.5 Å². The smallest absolute Gasteiger partial charge is 0.255 e. The Morgan fingerprint density at radius 1 is 1.06 bits per heavy atom. The number of benzene rings is 2. The predicted octanol–water partition coefficient (Wildman–Crippen LogP) is 3.22. The van der Waals surface area contributed by atoms with Gasteiger partial charge in [-0.1, -0.05) is 12.1 Å². The predicted molar refractivity (Wildman–Crippen MR) is 130 cm³/mol. The molecule has 1 saturated heterocycles. The molecule has 8 heteroatoms. The number of amides is 1. The Balaban J connectivity index is 1.60. The fourth-order valence-electron chi connectivity index (χ4n) is 4.85. The van der Waals surface area contributed by atoms with Crippen LogP contribution in [0.15, 0.2) is 30.3 Å². The summed E-state index contributed by atoms with van der Waals surface area (Å²) in [7, 11) is 6.70. The average Bonchev–Trinajstić information content (AvgIpc) is 3.52. The Hall–Kier alpha value is -2.97. The van der Waals surface area contributed by atoms with E-state index in [0.29, 0.717) is 40.9 Å². The van der Waals surface area contributed by atoms with Crippen LogP contribution in [0.1, 0.15) is 35.2 Å². The van der Waals surface area contributed by atoms with Gasteiger partial charge in [0.05, 0.1) is 26.9 Å². The first-order valence-electron chi connectivity index (χ1n) is 11.7. The number of carbonyl (C=O) groups excluding carboxylic acids is 1. The summed E-state index contributed by atoms with van der Waals surface area (Å²) in [6.45, 7) is 2.71. The average molecular weight is 470 g/mol. The van der Waals surface area contributed by atoms with Gasteiger partial charge in [-0.25, -0.2) is 0 Å². The lowest BCUT2D eigenvalue weighted by Crippen LogP contribution is -2.37. The number of hydrogen-bond acceptors (Lipinski definition) is 7. The zero-order valence-corrected chi connectivity index (χ0v) is 20.5. The number of nitrogens with one attached hydrogen (secondary N) is 1. The second kappa shape index (κ2) is 10.1. The minimum atomic E-state index is -0.207. The Bertz CT molecular complexity index is 1020. The number of nitrogens with two attached hydrogens (primary N) is 1. The molecule has 0 bridgehead atoms. The van der Waals surface area contributed by atoms with Gasteiger partial charge in [-0.3, -0.25) is 4.79 Å². The molecule has 0 aromatic heterocycles. The highest BCUT2D eigenvalue weighted by Crippen LogP contribution is 2.54. The molecule has 1 aliphatic heterocycles. The summed E-state index contributed by atoms with van der Waals surface area (Å²) in [6.07, 6.45) is 4.02. The fourth-order valence-corrected chi connectivity index (χ4v) is 4.85. The van der Waals surface area contributed by atoms with Crippen LogP contribution in [0, 0.1) is 5.41 Å². The lowest BCUT2D eigenvalue weighted by atomic mass is 9.93. The van der Waals surface area contributed by atoms with Crippen LogP contribution >= 0.6 is 0 Å². The molecule has 1 saturated carbocycles. The molecule has 2 aliphatic rings. The minimum Gasteiger partial charge on any atom is -0.492 e. The second-order valence-electron chi connectivity index (χ2n) is 9.20. The van der Waals surface area contributed by atoms with E-state index in [1.54, 1.807) is 6.07 Å². The van der Waals surface area contributed by atoms with Crippen molar-refractivity contribution in [3.63, 3.8) is 0 Å². The molecule has 0 radical (unpaired) electrons. The SMILES string of the molecule is COc1c(Oc2ccc(CCN)cc2)cc(C(=O)NC2CC23CCN(C)CC3)c(OC)c1OC. The van der Waals surface area contributed by atoms with Crippen LogP contribution in [0.25, 0.3) is 0 Å². The van der Waals surface area contributed by atoms with Gasteiger partial charge in [0.15, 0.2) is 11.5 Å². The third-order valence-electron chi connectivity index (χ3n) is 7.08. The van der Waals surface area contributed by atoms with E-state index in [0.717, 1.165) is 44.3 Å². The van der Waals surface area contributed by atoms with Crippen LogP contribution in [0.4, 0.5) is 0 Å². The van der Waals surface area contributed by atoms with E-state index >= 15 is 0 Å². The van der Waals surface area contributed by atoms with Gasteiger partial charge in [0, 0.05) is 12.1 Å². The summed E-state index contributed by atoms with van der Waals surface area (Å²) in [6, 6.07) is 9.51. The molecule has 34 heavy (non-hydrogen) atoms. The van der Waals surface area contributed by atoms with Crippen LogP contribution in [-0.2, 0) is 6.42 Å². The molecular formula is C26H35N3O5. The molecule has 4 rings (SSSR count). The number of hydrogen-bond donors (Lipinski definition) is 2. The van der Waals surface area contributed by atoms with Crippen LogP contribution in [0.5, 0.6) is 28.7 Å². The number of methoxy groups -OCH3 is 3. The van der Waals surface area contributed by atoms with Crippen molar-refractivity contribution in [1.82, 2.24) is 10.2 Å². The highest BCUT2D eigenvalue weighted by molar-refractivity contribution is 5.99. The molecule has 1 heterocycles. The first-order valence-corrected chi connectivity index (χ1v) is 11.7. The van der Waals surface area contributed by atoms with Crippen molar-refractivity contribution in [2.75, 3.05) is 48.0 Å². The van der Waals surface area contributed by atoms with Crippen LogP contribution < -0.4 is 30.0 Å². The summed E-state index contributed by atoms with van der Waals surface area (Å²) in [4.78, 5) is 15.7. The fraction of sp³-hybridized carbons (Fsp3) is 0.500. The minimum absolute atomic E-state index is 0.172. The maximum atomic E-state index is 13.4. The van der Waals surface area contributed by atoms with E-state index in [1.165, 1.54) is 21.3 Å². The molecule has 2 fully saturated rings. The normalized spacial score (nSPS) is 18.9. The monoisotopic (exact) mass is 469 g/mol. The van der Waals surface area contributed by atoms with E-state index in [4.69, 9.17) is 24.7 Å². The van der Waals surface area contributed by atoms with Crippen molar-refractivity contribution in [3.8, 4) is 28.7 Å². The summed E-state index contributed by atoms with van der Waals surface area (Å²) < 4.78 is 22.9. The lowest BCUT2D eigenvalue weighted by molar-refractivity contribution is 0.0933. The molecule has 3 N–H and O–H groups in total. The molecule has 1 amide bonds. The molecular weight excluding hydrogens is 434 g/mol. The van der Waals surface area contributed by atoms with Gasteiger partial charge < -0.3 is 34.9 Å². The number of carbonyl (C=O) groups is 1. The molecule has 2 aromatic rings. The Morgan fingerprint density at radius 3 is 2.29 bits per heavy atom. The summed E-state index contributed by atoms with van der Waals surface area (Å²) in [5, 5.41) is 3.22. The van der Waals surface area contributed by atoms with E-state index in [9.17, 15) is 4.79 Å². The zero-order valence-electron chi connectivity index (χ0n) is 20.5. The largest absolute Gasteiger partial charge is 0.492 e. The zero-order chi connectivity index (χ0) is 24.3. The maximum absolute atomic E-state index is 13.4. The van der Waals surface area contributed by atoms with Gasteiger partial charge in [-0.2, -0.15) is 0 Å². The maximum Gasteiger partial charge on any atom is 0.255 e. The number of nitrogens with zero attached hydrogens (tertiary/aromatic N) is 1. The molecule has 8 nitrogen and oxygen atoms in total. The van der Waals surface area contributed by atoms with Crippen molar-refractivity contribution in [3.05, 3.63) is 41.5 Å². The highest BCUT2D eigenvalue weighted by atomic mass is 16.5. The van der Waals surface area contributed by atoms with E-state index in [-0.39, 0.29) is 17.4 Å². The van der Waals surface area contributed by atoms with Gasteiger partial charge in [-0.15, -0.1) is 0 Å². The number of likely N-dealkylation sites (tertiary alicyclic amines) is 1. The van der Waals surface area contributed by atoms with E-state index < -0.39 is 0 Å². The van der Waals surface area contributed by atoms with Crippen molar-refractivity contribution < 1.29 is 23.7 Å². The third kappa shape index (κ3) is 4.79. The molecule has 1 aliphatic carbocycles. The van der Waals surface area contributed by atoms with Gasteiger partial charge >= 0.3 is 0 Å². The quantitative estimate of drug-likeness (QED) is 0.582. The van der Waals surface area contributed by atoms with Crippen molar-refractivity contribution in [2.24, 2.45) is 11.1 Å². The molecule has 2 aromatic carbocycles. The lowest BCUT2D eigenvalue weighted by Gasteiger charge is -2.30. The molecule has 184 valence electrons. The molecule has 1 atom stereocenters. The van der Waals surface area contributed by atoms with E-state index in [1.807, 2.05) is 24.3 Å². The molecule has 1 spiro atoms. The van der Waals surface area contributed by atoms with E-state index in [2.05, 4.69) is 17.3 Å². The van der Waals surface area contributed by atoms with Crippen LogP contribution in [0.2, 0.25) is 0 Å². The Kier molecular flexibility index (Phi) is 7.19. The summed E-state index contributed by atoms with van der Waals surface area (Å²) in [5.74, 6) is 1.78. The topological polar surface area (TPSA) is 95.3 Å². The number of ether oxygens (including phenoxy) is 4. The summed E-state index contributed by atoms with van der Waals surface area (Å²) >= 11 is 0. The summed E-state index contributed by atoms with van der Waals surface area (Å²) in [5.41, 5.74) is 7.34. The standard InChI is InChI=1S/C26H35N3O5/c1-29-13-10-26(11-14-29)16-21(26)28-25(30)19-15-20(23(32-3)24(33-4)22(19)31-2)34-18-7-5-17(6-8-18)9-12-27/h5-8,15,21H,9-14,16,27H2,1-4H3,(H,28,30). The highest BCUT2D eigenvalue weighted by Gasteiger charge is 2.55. The molecule has 1 unspecified atom stereocenters. The van der Waals surface area contributed by atoms with Crippen molar-refractivity contribution >= 4 is 5.91 Å². The van der Waals surface area contributed by atoms with Crippen LogP contribution in [0.3, 0.4) is 0 Å². The van der Waals surface area contributed by atoms with Gasteiger partial charge in [0.25, 0.3) is 5.91 Å². The Labute approximate surface area is 201 Å². The van der Waals surface area contributed by atoms with Gasteiger partial charge in [0.2, 0.25) is 11.5 Å². The first-order chi connectivity index (χ1) is 16.4. The first kappa shape index (κ1) is 24.2. The third-order valence-corrected chi connectivity index (χ3v) is 7.08.